The van der Waals surface area contributed by atoms with E-state index in [0.29, 0.717) is 38.2 Å². The summed E-state index contributed by atoms with van der Waals surface area (Å²) in [4.78, 5) is 29.1. The van der Waals surface area contributed by atoms with Gasteiger partial charge < -0.3 is 14.4 Å². The Hall–Kier alpha value is -1.63. The number of carbonyl (C=O) groups is 2. The van der Waals surface area contributed by atoms with Gasteiger partial charge in [0.15, 0.2) is 5.69 Å². The average Bonchev–Trinajstić information content (AvgIpc) is 2.86. The first-order chi connectivity index (χ1) is 9.60. The van der Waals surface area contributed by atoms with Crippen molar-refractivity contribution in [3.05, 3.63) is 16.1 Å². The molecule has 1 aromatic heterocycles. The highest BCUT2D eigenvalue weighted by atomic mass is 32.1. The lowest BCUT2D eigenvalue weighted by Crippen LogP contribution is -2.41. The van der Waals surface area contributed by atoms with Crippen LogP contribution < -0.4 is 0 Å². The van der Waals surface area contributed by atoms with E-state index >= 15 is 0 Å². The van der Waals surface area contributed by atoms with Gasteiger partial charge in [0, 0.05) is 31.3 Å². The van der Waals surface area contributed by atoms with Crippen molar-refractivity contribution in [3.63, 3.8) is 0 Å². The molecule has 0 aliphatic carbocycles. The molecule has 110 valence electrons. The minimum Gasteiger partial charge on any atom is -0.457 e. The lowest BCUT2D eigenvalue weighted by atomic mass is 10.1. The number of aromatic nitrogens is 1. The van der Waals surface area contributed by atoms with E-state index in [1.807, 2.05) is 6.92 Å². The van der Waals surface area contributed by atoms with Crippen LogP contribution in [0.1, 0.15) is 35.3 Å². The van der Waals surface area contributed by atoms with Crippen LogP contribution in [0.25, 0.3) is 0 Å². The topological polar surface area (TPSA) is 68.7 Å². The number of nitrogens with zero attached hydrogens (tertiary/aromatic N) is 2. The molecule has 20 heavy (non-hydrogen) atoms. The molecular formula is C13H18N2O4S. The fourth-order valence-corrected chi connectivity index (χ4v) is 2.62. The number of amides is 1. The van der Waals surface area contributed by atoms with Crippen molar-refractivity contribution in [2.45, 2.75) is 32.8 Å². The molecule has 0 N–H and O–H groups in total. The molecule has 1 saturated heterocycles. The van der Waals surface area contributed by atoms with Gasteiger partial charge in [0.1, 0.15) is 6.10 Å². The van der Waals surface area contributed by atoms with Crippen LogP contribution >= 0.6 is 11.3 Å². The summed E-state index contributed by atoms with van der Waals surface area (Å²) in [5.41, 5.74) is 0.361. The third kappa shape index (κ3) is 3.69. The highest BCUT2D eigenvalue weighted by molar-refractivity contribution is 7.09. The maximum Gasteiger partial charge on any atom is 0.409 e. The summed E-state index contributed by atoms with van der Waals surface area (Å²) in [6.07, 6.45) is 0.809. The van der Waals surface area contributed by atoms with Gasteiger partial charge in [-0.1, -0.05) is 0 Å². The number of carbonyl (C=O) groups excluding carboxylic acids is 2. The van der Waals surface area contributed by atoms with Crippen LogP contribution in [-0.2, 0) is 9.47 Å². The summed E-state index contributed by atoms with van der Waals surface area (Å²) in [5.74, 6) is -0.385. The van der Waals surface area contributed by atoms with Gasteiger partial charge in [-0.05, 0) is 13.8 Å². The van der Waals surface area contributed by atoms with E-state index < -0.39 is 0 Å². The first-order valence-electron chi connectivity index (χ1n) is 6.65. The molecule has 0 unspecified atom stereocenters. The first kappa shape index (κ1) is 14.8. The average molecular weight is 298 g/mol. The van der Waals surface area contributed by atoms with Gasteiger partial charge in [0.05, 0.1) is 11.6 Å². The molecule has 1 amide bonds. The number of aryl methyl sites for hydroxylation is 1. The lowest BCUT2D eigenvalue weighted by Gasteiger charge is -2.30. The van der Waals surface area contributed by atoms with Gasteiger partial charge in [-0.15, -0.1) is 11.3 Å². The standard InChI is InChI=1S/C13H18N2O4S/c1-3-18-13(17)15-6-4-10(5-7-15)19-12(16)11-8-20-9(2)14-11/h8,10H,3-7H2,1-2H3. The van der Waals surface area contributed by atoms with E-state index in [0.717, 1.165) is 5.01 Å². The third-order valence-electron chi connectivity index (χ3n) is 3.07. The Labute approximate surface area is 121 Å². The van der Waals surface area contributed by atoms with Crippen molar-refractivity contribution >= 4 is 23.4 Å². The number of esters is 1. The Balaban J connectivity index is 1.80. The quantitative estimate of drug-likeness (QED) is 0.800. The van der Waals surface area contributed by atoms with Crippen molar-refractivity contribution in [3.8, 4) is 0 Å². The molecule has 0 bridgehead atoms. The van der Waals surface area contributed by atoms with Gasteiger partial charge in [-0.25, -0.2) is 14.6 Å². The van der Waals surface area contributed by atoms with Crippen molar-refractivity contribution in [1.29, 1.82) is 0 Å². The SMILES string of the molecule is CCOC(=O)N1CCC(OC(=O)c2csc(C)n2)CC1. The number of piperidine rings is 1. The van der Waals surface area contributed by atoms with E-state index in [1.165, 1.54) is 11.3 Å². The van der Waals surface area contributed by atoms with Crippen molar-refractivity contribution < 1.29 is 19.1 Å². The fraction of sp³-hybridized carbons (Fsp3) is 0.615. The monoisotopic (exact) mass is 298 g/mol. The minimum atomic E-state index is -0.385. The van der Waals surface area contributed by atoms with Gasteiger partial charge >= 0.3 is 12.1 Å². The molecular weight excluding hydrogens is 280 g/mol. The Morgan fingerprint density at radius 1 is 1.45 bits per heavy atom. The van der Waals surface area contributed by atoms with Crippen LogP contribution in [0.5, 0.6) is 0 Å². The molecule has 6 nitrogen and oxygen atoms in total. The normalized spacial score (nSPS) is 16.0. The van der Waals surface area contributed by atoms with Crippen molar-refractivity contribution in [2.75, 3.05) is 19.7 Å². The largest absolute Gasteiger partial charge is 0.457 e. The molecule has 1 aliphatic rings. The van der Waals surface area contributed by atoms with E-state index in [-0.39, 0.29) is 18.2 Å². The molecule has 2 heterocycles. The van der Waals surface area contributed by atoms with Crippen LogP contribution in [0.3, 0.4) is 0 Å². The van der Waals surface area contributed by atoms with E-state index in [4.69, 9.17) is 9.47 Å². The molecule has 7 heteroatoms. The molecule has 0 radical (unpaired) electrons. The zero-order chi connectivity index (χ0) is 14.5. The Morgan fingerprint density at radius 3 is 2.70 bits per heavy atom. The second-order valence-corrected chi connectivity index (χ2v) is 5.60. The third-order valence-corrected chi connectivity index (χ3v) is 3.84. The van der Waals surface area contributed by atoms with E-state index in [2.05, 4.69) is 4.98 Å². The zero-order valence-corrected chi connectivity index (χ0v) is 12.4. The zero-order valence-electron chi connectivity index (χ0n) is 11.6. The summed E-state index contributed by atoms with van der Waals surface area (Å²) < 4.78 is 10.3. The number of likely N-dealkylation sites (tertiary alicyclic amines) is 1. The molecule has 0 saturated carbocycles. The summed E-state index contributed by atoms with van der Waals surface area (Å²) in [6, 6.07) is 0. The van der Waals surface area contributed by atoms with Crippen LogP contribution in [-0.4, -0.2) is 47.7 Å². The molecule has 0 atom stereocenters. The van der Waals surface area contributed by atoms with Crippen LogP contribution in [0.4, 0.5) is 4.79 Å². The molecule has 0 spiro atoms. The van der Waals surface area contributed by atoms with Crippen LogP contribution in [0, 0.1) is 6.92 Å². The number of thiazole rings is 1. The van der Waals surface area contributed by atoms with E-state index in [1.54, 1.807) is 17.2 Å². The summed E-state index contributed by atoms with van der Waals surface area (Å²) in [6.45, 7) is 5.10. The summed E-state index contributed by atoms with van der Waals surface area (Å²) >= 11 is 1.42. The van der Waals surface area contributed by atoms with Crippen molar-refractivity contribution in [2.24, 2.45) is 0 Å². The Morgan fingerprint density at radius 2 is 2.15 bits per heavy atom. The molecule has 0 aromatic carbocycles. The Bertz CT molecular complexity index is 480. The number of ether oxygens (including phenoxy) is 2. The molecule has 1 aromatic rings. The highest BCUT2D eigenvalue weighted by Gasteiger charge is 2.26. The van der Waals surface area contributed by atoms with Gasteiger partial charge in [-0.2, -0.15) is 0 Å². The fourth-order valence-electron chi connectivity index (χ4n) is 2.04. The highest BCUT2D eigenvalue weighted by Crippen LogP contribution is 2.17. The smallest absolute Gasteiger partial charge is 0.409 e. The number of hydrogen-bond acceptors (Lipinski definition) is 6. The Kier molecular flexibility index (Phi) is 4.94. The first-order valence-corrected chi connectivity index (χ1v) is 7.53. The summed E-state index contributed by atoms with van der Waals surface area (Å²) in [7, 11) is 0. The van der Waals surface area contributed by atoms with Crippen LogP contribution in [0.15, 0.2) is 5.38 Å². The summed E-state index contributed by atoms with van der Waals surface area (Å²) in [5, 5.41) is 2.54. The second-order valence-electron chi connectivity index (χ2n) is 4.54. The number of rotatable bonds is 3. The molecule has 1 fully saturated rings. The maximum absolute atomic E-state index is 11.9. The predicted molar refractivity (Wildman–Crippen MR) is 73.9 cm³/mol. The predicted octanol–water partition coefficient (Wildman–Crippen LogP) is 2.23. The van der Waals surface area contributed by atoms with Gasteiger partial charge in [0.2, 0.25) is 0 Å². The van der Waals surface area contributed by atoms with E-state index in [9.17, 15) is 9.59 Å². The van der Waals surface area contributed by atoms with Crippen molar-refractivity contribution in [1.82, 2.24) is 9.88 Å². The lowest BCUT2D eigenvalue weighted by molar-refractivity contribution is 0.0103. The second kappa shape index (κ2) is 6.69. The van der Waals surface area contributed by atoms with Gasteiger partial charge in [0.25, 0.3) is 0 Å². The molecule has 2 rings (SSSR count). The maximum atomic E-state index is 11.9. The molecule has 1 aliphatic heterocycles. The number of hydrogen-bond donors (Lipinski definition) is 0. The minimum absolute atomic E-state index is 0.157. The van der Waals surface area contributed by atoms with Gasteiger partial charge in [-0.3, -0.25) is 0 Å². The van der Waals surface area contributed by atoms with Crippen LogP contribution in [0.2, 0.25) is 0 Å².